The predicted molar refractivity (Wildman–Crippen MR) is 120 cm³/mol. The summed E-state index contributed by atoms with van der Waals surface area (Å²) in [4.78, 5) is 37.1. The number of rotatable bonds is 4. The summed E-state index contributed by atoms with van der Waals surface area (Å²) in [5.74, 6) is -0.814. The molecule has 0 bridgehead atoms. The molecule has 1 aromatic heterocycles. The Bertz CT molecular complexity index is 1440. The Hall–Kier alpha value is -4.26. The number of fused-ring (bicyclic) bond motifs is 3. The van der Waals surface area contributed by atoms with Gasteiger partial charge in [0.25, 0.3) is 0 Å². The van der Waals surface area contributed by atoms with Crippen LogP contribution < -0.4 is 10.6 Å². The first-order chi connectivity index (χ1) is 15.6. The average Bonchev–Trinajstić information content (AvgIpc) is 2.82. The molecule has 158 valence electrons. The summed E-state index contributed by atoms with van der Waals surface area (Å²) in [6, 6.07) is 21.6. The molecule has 1 amide bonds. The van der Waals surface area contributed by atoms with Crippen LogP contribution >= 0.6 is 0 Å². The van der Waals surface area contributed by atoms with Gasteiger partial charge in [0.1, 0.15) is 17.9 Å². The van der Waals surface area contributed by atoms with Gasteiger partial charge < -0.3 is 9.15 Å². The van der Waals surface area contributed by atoms with Crippen LogP contribution in [0.5, 0.6) is 0 Å². The van der Waals surface area contributed by atoms with Gasteiger partial charge in [0.15, 0.2) is 0 Å². The zero-order valence-electron chi connectivity index (χ0n) is 17.0. The van der Waals surface area contributed by atoms with Gasteiger partial charge in [-0.3, -0.25) is 4.79 Å². The maximum atomic E-state index is 12.7. The monoisotopic (exact) mass is 426 g/mol. The number of hydrogen-bond donors (Lipinski definition) is 0. The third-order valence-electron chi connectivity index (χ3n) is 5.34. The van der Waals surface area contributed by atoms with Crippen LogP contribution in [0.4, 0.5) is 5.69 Å². The number of carbonyl (C=O) groups is 2. The van der Waals surface area contributed by atoms with Crippen molar-refractivity contribution in [3.8, 4) is 0 Å². The molecule has 2 heterocycles. The van der Waals surface area contributed by atoms with E-state index in [0.717, 1.165) is 16.2 Å². The van der Waals surface area contributed by atoms with E-state index in [1.807, 2.05) is 36.4 Å². The zero-order chi connectivity index (χ0) is 22.1. The van der Waals surface area contributed by atoms with E-state index >= 15 is 0 Å². The van der Waals surface area contributed by atoms with Gasteiger partial charge in [0, 0.05) is 29.9 Å². The molecule has 5 rings (SSSR count). The van der Waals surface area contributed by atoms with Crippen LogP contribution in [0.25, 0.3) is 21.7 Å². The quantitative estimate of drug-likeness (QED) is 0.278. The summed E-state index contributed by atoms with van der Waals surface area (Å²) < 4.78 is 10.9. The van der Waals surface area contributed by atoms with Crippen LogP contribution in [0, 0.1) is 0 Å². The fraction of sp³-hybridized carbons (Fsp3) is 0.120. The minimum atomic E-state index is -0.625. The van der Waals surface area contributed by atoms with E-state index < -0.39 is 11.6 Å². The molecule has 0 saturated heterocycles. The van der Waals surface area contributed by atoms with E-state index in [9.17, 15) is 14.4 Å². The largest absolute Gasteiger partial charge is 0.456 e. The van der Waals surface area contributed by atoms with Crippen molar-refractivity contribution in [1.82, 2.24) is 0 Å². The molecule has 0 saturated carbocycles. The third kappa shape index (κ3) is 3.65. The summed E-state index contributed by atoms with van der Waals surface area (Å²) in [5.41, 5.74) is 1.20. The molecule has 1 aliphatic heterocycles. The number of benzene rings is 3. The lowest BCUT2D eigenvalue weighted by molar-refractivity contribution is -0.137. The minimum Gasteiger partial charge on any atom is -0.456 e. The Labute approximate surface area is 182 Å². The highest BCUT2D eigenvalue weighted by Gasteiger charge is 2.26. The molecule has 0 fully saturated rings. The van der Waals surface area contributed by atoms with E-state index in [4.69, 9.17) is 9.15 Å². The first-order valence-electron chi connectivity index (χ1n) is 10.2. The number of amides is 1. The topological polar surface area (TPSA) is 89.2 Å². The molecule has 0 radical (unpaired) electrons. The maximum absolute atomic E-state index is 12.7. The van der Waals surface area contributed by atoms with Crippen molar-refractivity contribution in [2.75, 3.05) is 5.01 Å². The van der Waals surface area contributed by atoms with Crippen molar-refractivity contribution < 1.29 is 18.7 Å². The van der Waals surface area contributed by atoms with Crippen LogP contribution in [0.2, 0.25) is 0 Å². The van der Waals surface area contributed by atoms with Crippen molar-refractivity contribution in [1.29, 1.82) is 0 Å². The molecule has 7 heteroatoms. The Morgan fingerprint density at radius 3 is 2.59 bits per heavy atom. The molecule has 0 aliphatic carbocycles. The van der Waals surface area contributed by atoms with E-state index in [0.29, 0.717) is 16.8 Å². The van der Waals surface area contributed by atoms with Gasteiger partial charge in [-0.1, -0.05) is 48.5 Å². The molecule has 1 aliphatic rings. The predicted octanol–water partition coefficient (Wildman–Crippen LogP) is 4.17. The molecule has 0 atom stereocenters. The van der Waals surface area contributed by atoms with Crippen molar-refractivity contribution in [2.24, 2.45) is 5.10 Å². The van der Waals surface area contributed by atoms with Crippen LogP contribution in [0.3, 0.4) is 0 Å². The summed E-state index contributed by atoms with van der Waals surface area (Å²) >= 11 is 0. The van der Waals surface area contributed by atoms with Gasteiger partial charge in [-0.05, 0) is 29.0 Å². The fourth-order valence-corrected chi connectivity index (χ4v) is 3.83. The van der Waals surface area contributed by atoms with Crippen molar-refractivity contribution in [3.63, 3.8) is 0 Å². The summed E-state index contributed by atoms with van der Waals surface area (Å²) in [6.07, 6.45) is 0.354. The maximum Gasteiger partial charge on any atom is 0.354 e. The first-order valence-corrected chi connectivity index (χ1v) is 10.2. The van der Waals surface area contributed by atoms with Crippen LogP contribution in [0.15, 0.2) is 87.1 Å². The van der Waals surface area contributed by atoms with E-state index in [1.165, 1.54) is 11.1 Å². The summed E-state index contributed by atoms with van der Waals surface area (Å²) in [6.45, 7) is -0.118. The summed E-state index contributed by atoms with van der Waals surface area (Å²) in [7, 11) is 0. The molecule has 7 nitrogen and oxygen atoms in total. The van der Waals surface area contributed by atoms with Gasteiger partial charge >= 0.3 is 11.6 Å². The highest BCUT2D eigenvalue weighted by molar-refractivity contribution is 6.38. The number of hydrazone groups is 1. The Kier molecular flexibility index (Phi) is 4.99. The van der Waals surface area contributed by atoms with Gasteiger partial charge in [-0.15, -0.1) is 0 Å². The van der Waals surface area contributed by atoms with Crippen molar-refractivity contribution in [3.05, 3.63) is 88.8 Å². The fourth-order valence-electron chi connectivity index (χ4n) is 3.83. The van der Waals surface area contributed by atoms with E-state index in [1.54, 1.807) is 30.3 Å². The lowest BCUT2D eigenvalue weighted by Crippen LogP contribution is -2.34. The SMILES string of the molecule is O=C(OCc1cc(=O)oc2ccc3ccccc3c12)C1=NN(c2ccccc2)C(=O)CC1. The highest BCUT2D eigenvalue weighted by Crippen LogP contribution is 2.28. The minimum absolute atomic E-state index is 0.118. The third-order valence-corrected chi connectivity index (χ3v) is 5.34. The lowest BCUT2D eigenvalue weighted by atomic mass is 10.0. The Balaban J connectivity index is 1.45. The Morgan fingerprint density at radius 1 is 0.969 bits per heavy atom. The number of hydrogen-bond acceptors (Lipinski definition) is 6. The average molecular weight is 426 g/mol. The first kappa shape index (κ1) is 19.7. The number of esters is 1. The van der Waals surface area contributed by atoms with Crippen LogP contribution in [-0.2, 0) is 20.9 Å². The van der Waals surface area contributed by atoms with Gasteiger partial charge in [0.2, 0.25) is 5.91 Å². The van der Waals surface area contributed by atoms with Crippen LogP contribution in [-0.4, -0.2) is 17.6 Å². The molecule has 4 aromatic rings. The molecule has 0 unspecified atom stereocenters. The van der Waals surface area contributed by atoms with Gasteiger partial charge in [0.05, 0.1) is 5.69 Å². The molecule has 0 N–H and O–H groups in total. The molecular weight excluding hydrogens is 408 g/mol. The van der Waals surface area contributed by atoms with E-state index in [-0.39, 0.29) is 31.1 Å². The zero-order valence-corrected chi connectivity index (χ0v) is 17.0. The van der Waals surface area contributed by atoms with E-state index in [2.05, 4.69) is 5.10 Å². The number of ether oxygens (including phenoxy) is 1. The van der Waals surface area contributed by atoms with Crippen molar-refractivity contribution in [2.45, 2.75) is 19.4 Å². The summed E-state index contributed by atoms with van der Waals surface area (Å²) in [5, 5.41) is 8.05. The smallest absolute Gasteiger partial charge is 0.354 e. The second-order valence-electron chi connectivity index (χ2n) is 7.41. The molecule has 3 aromatic carbocycles. The number of para-hydroxylation sites is 1. The normalized spacial score (nSPS) is 13.9. The van der Waals surface area contributed by atoms with Gasteiger partial charge in [-0.2, -0.15) is 5.10 Å². The number of carbonyl (C=O) groups excluding carboxylic acids is 2. The standard InChI is InChI=1S/C25H18N2O5/c28-22-13-11-20(26-27(22)18-7-2-1-3-8-18)25(30)31-15-17-14-23(29)32-21-12-10-16-6-4-5-9-19(16)24(17)21/h1-10,12,14H,11,13,15H2. The number of anilines is 1. The lowest BCUT2D eigenvalue weighted by Gasteiger charge is -2.22. The second kappa shape index (κ2) is 8.11. The molecule has 0 spiro atoms. The Morgan fingerprint density at radius 2 is 1.75 bits per heavy atom. The highest BCUT2D eigenvalue weighted by atomic mass is 16.5. The number of nitrogens with zero attached hydrogens (tertiary/aromatic N) is 2. The molecular formula is C25H18N2O5. The van der Waals surface area contributed by atoms with Crippen LogP contribution in [0.1, 0.15) is 18.4 Å². The van der Waals surface area contributed by atoms with Gasteiger partial charge in [-0.25, -0.2) is 14.6 Å². The van der Waals surface area contributed by atoms with Crippen molar-refractivity contribution >= 4 is 45.0 Å². The second-order valence-corrected chi connectivity index (χ2v) is 7.41. The molecule has 32 heavy (non-hydrogen) atoms.